The molecule has 1 atom stereocenters. The fourth-order valence-corrected chi connectivity index (χ4v) is 3.07. The van der Waals surface area contributed by atoms with Crippen molar-refractivity contribution in [3.05, 3.63) is 54.1 Å². The van der Waals surface area contributed by atoms with Crippen molar-refractivity contribution in [3.63, 3.8) is 0 Å². The van der Waals surface area contributed by atoms with Crippen molar-refractivity contribution in [1.29, 1.82) is 0 Å². The molecular formula is C20H18F3N3O3. The Labute approximate surface area is 164 Å². The summed E-state index contributed by atoms with van der Waals surface area (Å²) in [4.78, 5) is 37.5. The molecule has 1 heterocycles. The molecule has 1 saturated heterocycles. The maximum atomic E-state index is 12.6. The highest BCUT2D eigenvalue weighted by Crippen LogP contribution is 2.31. The maximum absolute atomic E-state index is 12.6. The third-order valence-corrected chi connectivity index (χ3v) is 4.45. The van der Waals surface area contributed by atoms with Crippen LogP contribution in [-0.2, 0) is 20.6 Å². The van der Waals surface area contributed by atoms with Gasteiger partial charge in [-0.25, -0.2) is 0 Å². The van der Waals surface area contributed by atoms with Crippen molar-refractivity contribution >= 4 is 34.8 Å². The lowest BCUT2D eigenvalue weighted by Gasteiger charge is -2.18. The summed E-state index contributed by atoms with van der Waals surface area (Å²) in [6.07, 6.45) is -4.47. The fraction of sp³-hybridized carbons (Fsp3) is 0.250. The van der Waals surface area contributed by atoms with Gasteiger partial charge in [0.2, 0.25) is 17.7 Å². The maximum Gasteiger partial charge on any atom is 0.416 e. The van der Waals surface area contributed by atoms with Crippen molar-refractivity contribution < 1.29 is 27.6 Å². The normalized spacial score (nSPS) is 16.6. The molecule has 3 amide bonds. The van der Waals surface area contributed by atoms with Gasteiger partial charge in [-0.05, 0) is 42.5 Å². The van der Waals surface area contributed by atoms with E-state index in [4.69, 9.17) is 0 Å². The Kier molecular flexibility index (Phi) is 5.58. The molecule has 2 aromatic carbocycles. The van der Waals surface area contributed by atoms with Crippen LogP contribution in [0.25, 0.3) is 0 Å². The lowest BCUT2D eigenvalue weighted by molar-refractivity contribution is -0.137. The molecule has 0 spiro atoms. The molecule has 0 aromatic heterocycles. The molecule has 1 aliphatic rings. The van der Waals surface area contributed by atoms with Crippen LogP contribution in [0.2, 0.25) is 0 Å². The number of rotatable bonds is 4. The summed E-state index contributed by atoms with van der Waals surface area (Å²) in [5.74, 6) is -1.59. The lowest BCUT2D eigenvalue weighted by Crippen LogP contribution is -2.28. The van der Waals surface area contributed by atoms with Gasteiger partial charge in [-0.3, -0.25) is 14.4 Å². The van der Waals surface area contributed by atoms with E-state index >= 15 is 0 Å². The Hall–Kier alpha value is -3.36. The summed E-state index contributed by atoms with van der Waals surface area (Å²) in [7, 11) is 0. The number of hydrogen-bond acceptors (Lipinski definition) is 3. The summed E-state index contributed by atoms with van der Waals surface area (Å²) in [6.45, 7) is 1.50. The van der Waals surface area contributed by atoms with Crippen LogP contribution in [0.1, 0.15) is 18.9 Å². The van der Waals surface area contributed by atoms with Gasteiger partial charge in [-0.15, -0.1) is 0 Å². The fourth-order valence-electron chi connectivity index (χ4n) is 3.07. The van der Waals surface area contributed by atoms with Gasteiger partial charge < -0.3 is 15.5 Å². The number of halogens is 3. The zero-order valence-corrected chi connectivity index (χ0v) is 15.4. The smallest absolute Gasteiger partial charge is 0.326 e. The summed E-state index contributed by atoms with van der Waals surface area (Å²) >= 11 is 0. The third kappa shape index (κ3) is 4.92. The number of amides is 3. The average Bonchev–Trinajstić information content (AvgIpc) is 3.03. The standard InChI is InChI=1S/C20H18F3N3O3/c1-12(27)24-16-3-2-4-17(10-16)26-11-13(9-18(26)28)19(29)25-15-7-5-14(6-8-15)20(21,22)23/h2-8,10,13H,9,11H2,1H3,(H,24,27)(H,25,29)/t13-/m0/s1. The van der Waals surface area contributed by atoms with E-state index in [0.29, 0.717) is 11.4 Å². The molecule has 1 fully saturated rings. The third-order valence-electron chi connectivity index (χ3n) is 4.45. The molecular weight excluding hydrogens is 387 g/mol. The van der Waals surface area contributed by atoms with E-state index in [1.54, 1.807) is 24.3 Å². The van der Waals surface area contributed by atoms with Crippen LogP contribution in [0.4, 0.5) is 30.2 Å². The van der Waals surface area contributed by atoms with Crippen LogP contribution in [0.15, 0.2) is 48.5 Å². The van der Waals surface area contributed by atoms with Gasteiger partial charge in [0.25, 0.3) is 0 Å². The first-order chi connectivity index (χ1) is 13.6. The van der Waals surface area contributed by atoms with Gasteiger partial charge in [0.1, 0.15) is 0 Å². The largest absolute Gasteiger partial charge is 0.416 e. The van der Waals surface area contributed by atoms with Gasteiger partial charge in [-0.1, -0.05) is 6.07 Å². The number of anilines is 3. The molecule has 1 aliphatic heterocycles. The number of nitrogens with one attached hydrogen (secondary N) is 2. The van der Waals surface area contributed by atoms with Crippen molar-refractivity contribution in [2.45, 2.75) is 19.5 Å². The van der Waals surface area contributed by atoms with Crippen LogP contribution < -0.4 is 15.5 Å². The molecule has 9 heteroatoms. The Bertz CT molecular complexity index is 942. The summed E-state index contributed by atoms with van der Waals surface area (Å²) in [5, 5.41) is 5.18. The lowest BCUT2D eigenvalue weighted by atomic mass is 10.1. The molecule has 0 saturated carbocycles. The van der Waals surface area contributed by atoms with Crippen LogP contribution >= 0.6 is 0 Å². The Morgan fingerprint density at radius 2 is 1.72 bits per heavy atom. The Morgan fingerprint density at radius 1 is 1.03 bits per heavy atom. The van der Waals surface area contributed by atoms with Crippen molar-refractivity contribution in [2.75, 3.05) is 22.1 Å². The van der Waals surface area contributed by atoms with Crippen LogP contribution in [0.5, 0.6) is 0 Å². The minimum atomic E-state index is -4.45. The van der Waals surface area contributed by atoms with Gasteiger partial charge in [0.05, 0.1) is 11.5 Å². The molecule has 2 aromatic rings. The van der Waals surface area contributed by atoms with Gasteiger partial charge in [0.15, 0.2) is 0 Å². The van der Waals surface area contributed by atoms with E-state index in [1.807, 2.05) is 0 Å². The van der Waals surface area contributed by atoms with Crippen molar-refractivity contribution in [2.24, 2.45) is 5.92 Å². The average molecular weight is 405 g/mol. The van der Waals surface area contributed by atoms with Gasteiger partial charge >= 0.3 is 6.18 Å². The second-order valence-corrected chi connectivity index (χ2v) is 6.70. The number of benzene rings is 2. The molecule has 2 N–H and O–H groups in total. The highest BCUT2D eigenvalue weighted by Gasteiger charge is 2.35. The summed E-state index contributed by atoms with van der Waals surface area (Å²) < 4.78 is 37.9. The van der Waals surface area contributed by atoms with Crippen molar-refractivity contribution in [1.82, 2.24) is 0 Å². The molecule has 3 rings (SSSR count). The van der Waals surface area contributed by atoms with E-state index in [1.165, 1.54) is 24.0 Å². The SMILES string of the molecule is CC(=O)Nc1cccc(N2C[C@@H](C(=O)Nc3ccc(C(F)(F)F)cc3)CC2=O)c1. The number of alkyl halides is 3. The molecule has 0 aliphatic carbocycles. The van der Waals surface area contributed by atoms with Gasteiger partial charge in [-0.2, -0.15) is 13.2 Å². The second kappa shape index (κ2) is 7.94. The monoisotopic (exact) mass is 405 g/mol. The zero-order chi connectivity index (χ0) is 21.2. The van der Waals surface area contributed by atoms with Crippen LogP contribution in [0, 0.1) is 5.92 Å². The van der Waals surface area contributed by atoms with E-state index in [9.17, 15) is 27.6 Å². The first-order valence-electron chi connectivity index (χ1n) is 8.79. The topological polar surface area (TPSA) is 78.5 Å². The second-order valence-electron chi connectivity index (χ2n) is 6.70. The van der Waals surface area contributed by atoms with Crippen molar-refractivity contribution in [3.8, 4) is 0 Å². The van der Waals surface area contributed by atoms with Gasteiger partial charge in [0, 0.05) is 37.0 Å². The summed E-state index contributed by atoms with van der Waals surface area (Å²) in [6, 6.07) is 10.8. The van der Waals surface area contributed by atoms with E-state index in [2.05, 4.69) is 10.6 Å². The molecule has 0 radical (unpaired) electrons. The highest BCUT2D eigenvalue weighted by molar-refractivity contribution is 6.04. The number of carbonyl (C=O) groups excluding carboxylic acids is 3. The zero-order valence-electron chi connectivity index (χ0n) is 15.4. The Balaban J connectivity index is 1.67. The molecule has 6 nitrogen and oxygen atoms in total. The molecule has 0 bridgehead atoms. The molecule has 29 heavy (non-hydrogen) atoms. The first kappa shape index (κ1) is 20.4. The predicted octanol–water partition coefficient (Wildman–Crippen LogP) is 3.66. The number of carbonyl (C=O) groups is 3. The molecule has 0 unspecified atom stereocenters. The quantitative estimate of drug-likeness (QED) is 0.815. The van der Waals surface area contributed by atoms with E-state index in [-0.39, 0.29) is 30.5 Å². The van der Waals surface area contributed by atoms with Crippen LogP contribution in [-0.4, -0.2) is 24.3 Å². The predicted molar refractivity (Wildman–Crippen MR) is 101 cm³/mol. The summed E-state index contributed by atoms with van der Waals surface area (Å²) in [5.41, 5.74) is 0.491. The number of nitrogens with zero attached hydrogens (tertiary/aromatic N) is 1. The molecule has 152 valence electrons. The van der Waals surface area contributed by atoms with Crippen LogP contribution in [0.3, 0.4) is 0 Å². The minimum Gasteiger partial charge on any atom is -0.326 e. The Morgan fingerprint density at radius 3 is 2.34 bits per heavy atom. The van der Waals surface area contributed by atoms with E-state index in [0.717, 1.165) is 12.1 Å². The first-order valence-corrected chi connectivity index (χ1v) is 8.79. The van der Waals surface area contributed by atoms with E-state index < -0.39 is 23.6 Å². The number of hydrogen-bond donors (Lipinski definition) is 2. The minimum absolute atomic E-state index is 0.0170. The highest BCUT2D eigenvalue weighted by atomic mass is 19.4.